The van der Waals surface area contributed by atoms with Crippen LogP contribution in [0.3, 0.4) is 0 Å². The van der Waals surface area contributed by atoms with Gasteiger partial charge >= 0.3 is 5.97 Å². The lowest BCUT2D eigenvalue weighted by Crippen LogP contribution is -2.14. The van der Waals surface area contributed by atoms with Crippen molar-refractivity contribution in [1.29, 1.82) is 0 Å². The molecule has 0 aliphatic heterocycles. The molecule has 3 heteroatoms. The maximum Gasteiger partial charge on any atom is 0.338 e. The molecule has 0 N–H and O–H groups in total. The minimum absolute atomic E-state index is 0.160. The van der Waals surface area contributed by atoms with Gasteiger partial charge in [-0.05, 0) is 19.1 Å². The van der Waals surface area contributed by atoms with Gasteiger partial charge in [-0.15, -0.1) is 0 Å². The Morgan fingerprint density at radius 3 is 2.73 bits per heavy atom. The van der Waals surface area contributed by atoms with Crippen LogP contribution in [0.15, 0.2) is 41.9 Å². The lowest BCUT2D eigenvalue weighted by atomic mass is 10.2. The van der Waals surface area contributed by atoms with Crippen molar-refractivity contribution in [3.8, 4) is 0 Å². The van der Waals surface area contributed by atoms with Crippen LogP contribution in [0.1, 0.15) is 23.7 Å². The zero-order valence-corrected chi connectivity index (χ0v) is 9.28. The molecule has 0 aliphatic carbocycles. The van der Waals surface area contributed by atoms with Gasteiger partial charge in [-0.3, -0.25) is 0 Å². The summed E-state index contributed by atoms with van der Waals surface area (Å²) < 4.78 is 5.19. The van der Waals surface area contributed by atoms with Gasteiger partial charge in [-0.1, -0.05) is 35.9 Å². The zero-order chi connectivity index (χ0) is 11.1. The van der Waals surface area contributed by atoms with Crippen molar-refractivity contribution in [2.45, 2.75) is 19.4 Å². The molecule has 1 atom stereocenters. The molecule has 15 heavy (non-hydrogen) atoms. The fraction of sp³-hybridized carbons (Fsp3) is 0.250. The highest BCUT2D eigenvalue weighted by Gasteiger charge is 2.09. The summed E-state index contributed by atoms with van der Waals surface area (Å²) in [6.45, 7) is 1.83. The Morgan fingerprint density at radius 1 is 1.47 bits per heavy atom. The Hall–Kier alpha value is -1.28. The van der Waals surface area contributed by atoms with Gasteiger partial charge in [0.25, 0.3) is 0 Å². The van der Waals surface area contributed by atoms with E-state index in [0.29, 0.717) is 12.0 Å². The smallest absolute Gasteiger partial charge is 0.338 e. The SMILES string of the molecule is CC(C/C=C/Cl)OC(=O)c1ccccc1. The lowest BCUT2D eigenvalue weighted by Gasteiger charge is -2.10. The Labute approximate surface area is 94.5 Å². The number of hydrogen-bond acceptors (Lipinski definition) is 2. The van der Waals surface area contributed by atoms with Crippen LogP contribution in [0.25, 0.3) is 0 Å². The number of halogens is 1. The van der Waals surface area contributed by atoms with Crippen molar-refractivity contribution in [2.24, 2.45) is 0 Å². The number of carbonyl (C=O) groups excluding carboxylic acids is 1. The fourth-order valence-corrected chi connectivity index (χ4v) is 1.22. The highest BCUT2D eigenvalue weighted by Crippen LogP contribution is 2.06. The molecular formula is C12H13ClO2. The molecule has 0 radical (unpaired) electrons. The van der Waals surface area contributed by atoms with Gasteiger partial charge in [0.1, 0.15) is 6.10 Å². The van der Waals surface area contributed by atoms with E-state index in [2.05, 4.69) is 0 Å². The minimum atomic E-state index is -0.300. The predicted molar refractivity (Wildman–Crippen MR) is 60.9 cm³/mol. The van der Waals surface area contributed by atoms with Crippen molar-refractivity contribution in [3.05, 3.63) is 47.5 Å². The second-order valence-electron chi connectivity index (χ2n) is 3.18. The van der Waals surface area contributed by atoms with Crippen LogP contribution in [-0.4, -0.2) is 12.1 Å². The normalized spacial score (nSPS) is 12.7. The quantitative estimate of drug-likeness (QED) is 0.733. The van der Waals surface area contributed by atoms with E-state index in [-0.39, 0.29) is 12.1 Å². The summed E-state index contributed by atoms with van der Waals surface area (Å²) in [6.07, 6.45) is 2.22. The first kappa shape index (κ1) is 11.8. The van der Waals surface area contributed by atoms with Crippen LogP contribution < -0.4 is 0 Å². The van der Waals surface area contributed by atoms with E-state index < -0.39 is 0 Å². The molecule has 0 saturated carbocycles. The lowest BCUT2D eigenvalue weighted by molar-refractivity contribution is 0.0348. The average molecular weight is 225 g/mol. The predicted octanol–water partition coefficient (Wildman–Crippen LogP) is 3.37. The second kappa shape index (κ2) is 6.25. The summed E-state index contributed by atoms with van der Waals surface area (Å²) >= 11 is 5.38. The number of esters is 1. The number of rotatable bonds is 4. The molecule has 0 aromatic heterocycles. The third-order valence-corrected chi connectivity index (χ3v) is 2.05. The topological polar surface area (TPSA) is 26.3 Å². The largest absolute Gasteiger partial charge is 0.459 e. The second-order valence-corrected chi connectivity index (χ2v) is 3.43. The maximum absolute atomic E-state index is 11.5. The number of carbonyl (C=O) groups is 1. The summed E-state index contributed by atoms with van der Waals surface area (Å²) in [5.41, 5.74) is 1.99. The summed E-state index contributed by atoms with van der Waals surface area (Å²) in [6, 6.07) is 8.93. The third kappa shape index (κ3) is 4.17. The number of hydrogen-bond donors (Lipinski definition) is 0. The van der Waals surface area contributed by atoms with E-state index in [0.717, 1.165) is 0 Å². The first-order valence-electron chi connectivity index (χ1n) is 4.75. The van der Waals surface area contributed by atoms with Crippen molar-refractivity contribution < 1.29 is 9.53 Å². The monoisotopic (exact) mass is 224 g/mol. The highest BCUT2D eigenvalue weighted by molar-refractivity contribution is 6.25. The Kier molecular flexibility index (Phi) is 4.91. The van der Waals surface area contributed by atoms with Gasteiger partial charge in [-0.25, -0.2) is 4.79 Å². The van der Waals surface area contributed by atoms with Crippen molar-refractivity contribution in [2.75, 3.05) is 0 Å². The van der Waals surface area contributed by atoms with E-state index in [1.807, 2.05) is 13.0 Å². The van der Waals surface area contributed by atoms with Gasteiger partial charge < -0.3 is 4.74 Å². The maximum atomic E-state index is 11.5. The Bertz CT molecular complexity index is 333. The first-order chi connectivity index (χ1) is 7.24. The molecular weight excluding hydrogens is 212 g/mol. The molecule has 0 aliphatic rings. The van der Waals surface area contributed by atoms with Crippen LogP contribution in [0, 0.1) is 0 Å². The molecule has 1 aromatic rings. The third-order valence-electron chi connectivity index (χ3n) is 1.87. The highest BCUT2D eigenvalue weighted by atomic mass is 35.5. The van der Waals surface area contributed by atoms with Crippen LogP contribution in [0.2, 0.25) is 0 Å². The standard InChI is InChI=1S/C12H13ClO2/c1-10(6-5-9-13)15-12(14)11-7-3-2-4-8-11/h2-5,7-10H,6H2,1H3/b9-5+. The first-order valence-corrected chi connectivity index (χ1v) is 5.19. The van der Waals surface area contributed by atoms with Gasteiger partial charge in [0, 0.05) is 12.0 Å². The molecule has 0 fully saturated rings. The van der Waals surface area contributed by atoms with Gasteiger partial charge in [0.15, 0.2) is 0 Å². The molecule has 0 heterocycles. The molecule has 1 rings (SSSR count). The van der Waals surface area contributed by atoms with Crippen LogP contribution >= 0.6 is 11.6 Å². The van der Waals surface area contributed by atoms with Crippen molar-refractivity contribution in [1.82, 2.24) is 0 Å². The molecule has 1 aromatic carbocycles. The molecule has 1 unspecified atom stereocenters. The number of ether oxygens (including phenoxy) is 1. The summed E-state index contributed by atoms with van der Waals surface area (Å²) in [5, 5.41) is 0. The van der Waals surface area contributed by atoms with E-state index in [9.17, 15) is 4.79 Å². The van der Waals surface area contributed by atoms with E-state index >= 15 is 0 Å². The molecule has 2 nitrogen and oxygen atoms in total. The molecule has 0 saturated heterocycles. The zero-order valence-electron chi connectivity index (χ0n) is 8.52. The summed E-state index contributed by atoms with van der Waals surface area (Å²) in [5.74, 6) is -0.300. The van der Waals surface area contributed by atoms with Gasteiger partial charge in [0.2, 0.25) is 0 Å². The molecule has 0 bridgehead atoms. The summed E-state index contributed by atoms with van der Waals surface area (Å²) in [4.78, 5) is 11.5. The summed E-state index contributed by atoms with van der Waals surface area (Å²) in [7, 11) is 0. The van der Waals surface area contributed by atoms with E-state index in [1.54, 1.807) is 30.3 Å². The van der Waals surface area contributed by atoms with E-state index in [4.69, 9.17) is 16.3 Å². The van der Waals surface area contributed by atoms with Gasteiger partial charge in [0.05, 0.1) is 5.56 Å². The minimum Gasteiger partial charge on any atom is -0.459 e. The van der Waals surface area contributed by atoms with Gasteiger partial charge in [-0.2, -0.15) is 0 Å². The molecule has 0 spiro atoms. The van der Waals surface area contributed by atoms with Crippen LogP contribution in [0.5, 0.6) is 0 Å². The van der Waals surface area contributed by atoms with Crippen molar-refractivity contribution in [3.63, 3.8) is 0 Å². The van der Waals surface area contributed by atoms with E-state index in [1.165, 1.54) is 5.54 Å². The Morgan fingerprint density at radius 2 is 2.13 bits per heavy atom. The molecule has 0 amide bonds. The van der Waals surface area contributed by atoms with Crippen LogP contribution in [0.4, 0.5) is 0 Å². The Balaban J connectivity index is 2.49. The average Bonchev–Trinajstić information content (AvgIpc) is 2.27. The fourth-order valence-electron chi connectivity index (χ4n) is 1.12. The molecule has 80 valence electrons. The van der Waals surface area contributed by atoms with Crippen molar-refractivity contribution >= 4 is 17.6 Å². The van der Waals surface area contributed by atoms with Crippen LogP contribution in [-0.2, 0) is 4.74 Å². The number of benzene rings is 1.